The van der Waals surface area contributed by atoms with E-state index in [4.69, 9.17) is 10.5 Å². The first-order valence-corrected chi connectivity index (χ1v) is 5.72. The summed E-state index contributed by atoms with van der Waals surface area (Å²) in [5.74, 6) is 0. The summed E-state index contributed by atoms with van der Waals surface area (Å²) in [6.07, 6.45) is 4.24. The minimum absolute atomic E-state index is 0.689. The molecule has 0 aliphatic heterocycles. The van der Waals surface area contributed by atoms with Gasteiger partial charge >= 0.3 is 0 Å². The molecule has 0 fully saturated rings. The second-order valence-electron chi connectivity index (χ2n) is 3.98. The maximum Gasteiger partial charge on any atom is 0.0676 e. The van der Waals surface area contributed by atoms with E-state index in [0.717, 1.165) is 19.4 Å². The Balaban J connectivity index is 2.79. The van der Waals surface area contributed by atoms with Gasteiger partial charge in [0.25, 0.3) is 0 Å². The highest BCUT2D eigenvalue weighted by atomic mass is 16.5. The van der Waals surface area contributed by atoms with E-state index in [2.05, 4.69) is 37.3 Å². The third-order valence-corrected chi connectivity index (χ3v) is 2.58. The molecule has 2 N–H and O–H groups in total. The van der Waals surface area contributed by atoms with Gasteiger partial charge in [0.05, 0.1) is 6.61 Å². The largest absolute Gasteiger partial charge is 0.380 e. The van der Waals surface area contributed by atoms with Crippen LogP contribution in [0.15, 0.2) is 29.8 Å². The SMILES string of the molecule is COC/C(=C/c1ccccc1C)CCCN. The molecule has 0 bridgehead atoms. The van der Waals surface area contributed by atoms with Gasteiger partial charge in [0.15, 0.2) is 0 Å². The number of hydrogen-bond donors (Lipinski definition) is 1. The van der Waals surface area contributed by atoms with Gasteiger partial charge < -0.3 is 10.5 Å². The van der Waals surface area contributed by atoms with Crippen LogP contribution in [0, 0.1) is 6.92 Å². The molecule has 88 valence electrons. The summed E-state index contributed by atoms with van der Waals surface area (Å²) in [5, 5.41) is 0. The molecule has 16 heavy (non-hydrogen) atoms. The van der Waals surface area contributed by atoms with Crippen molar-refractivity contribution in [3.05, 3.63) is 41.0 Å². The first-order chi connectivity index (χ1) is 7.77. The lowest BCUT2D eigenvalue weighted by Crippen LogP contribution is -2.02. The molecule has 1 aromatic rings. The fourth-order valence-corrected chi connectivity index (χ4v) is 1.67. The molecule has 1 aromatic carbocycles. The van der Waals surface area contributed by atoms with Crippen molar-refractivity contribution in [2.75, 3.05) is 20.3 Å². The Morgan fingerprint density at radius 1 is 1.38 bits per heavy atom. The van der Waals surface area contributed by atoms with Gasteiger partial charge in [0.2, 0.25) is 0 Å². The van der Waals surface area contributed by atoms with Gasteiger partial charge in [0, 0.05) is 7.11 Å². The van der Waals surface area contributed by atoms with Crippen molar-refractivity contribution >= 4 is 6.08 Å². The van der Waals surface area contributed by atoms with E-state index in [1.807, 2.05) is 0 Å². The van der Waals surface area contributed by atoms with Crippen LogP contribution in [0.1, 0.15) is 24.0 Å². The number of rotatable bonds is 6. The van der Waals surface area contributed by atoms with Crippen LogP contribution in [-0.4, -0.2) is 20.3 Å². The van der Waals surface area contributed by atoms with Crippen molar-refractivity contribution in [2.45, 2.75) is 19.8 Å². The van der Waals surface area contributed by atoms with Crippen LogP contribution in [-0.2, 0) is 4.74 Å². The summed E-state index contributed by atoms with van der Waals surface area (Å²) in [6.45, 7) is 3.54. The molecular formula is C14H21NO. The summed E-state index contributed by atoms with van der Waals surface area (Å²) in [4.78, 5) is 0. The second kappa shape index (κ2) is 7.20. The smallest absolute Gasteiger partial charge is 0.0676 e. The predicted octanol–water partition coefficient (Wildman–Crippen LogP) is 2.76. The minimum atomic E-state index is 0.689. The molecule has 0 aromatic heterocycles. The van der Waals surface area contributed by atoms with Crippen LogP contribution >= 0.6 is 0 Å². The van der Waals surface area contributed by atoms with Crippen molar-refractivity contribution in [3.63, 3.8) is 0 Å². The van der Waals surface area contributed by atoms with Crippen LogP contribution in [0.2, 0.25) is 0 Å². The highest BCUT2D eigenvalue weighted by Gasteiger charge is 1.99. The van der Waals surface area contributed by atoms with E-state index < -0.39 is 0 Å². The molecule has 2 heteroatoms. The molecule has 0 amide bonds. The molecule has 0 saturated heterocycles. The van der Waals surface area contributed by atoms with E-state index in [1.165, 1.54) is 16.7 Å². The van der Waals surface area contributed by atoms with Crippen molar-refractivity contribution in [1.82, 2.24) is 0 Å². The van der Waals surface area contributed by atoms with Gasteiger partial charge in [-0.05, 0) is 43.0 Å². The van der Waals surface area contributed by atoms with Gasteiger partial charge in [-0.25, -0.2) is 0 Å². The standard InChI is InChI=1S/C14H21NO/c1-12-6-3-4-8-14(12)10-13(11-16-2)7-5-9-15/h3-4,6,8,10H,5,7,9,11,15H2,1-2H3/b13-10+. The van der Waals surface area contributed by atoms with E-state index in [0.29, 0.717) is 6.61 Å². The topological polar surface area (TPSA) is 35.2 Å². The zero-order chi connectivity index (χ0) is 11.8. The van der Waals surface area contributed by atoms with Crippen LogP contribution in [0.3, 0.4) is 0 Å². The van der Waals surface area contributed by atoms with Gasteiger partial charge in [-0.1, -0.05) is 30.3 Å². The van der Waals surface area contributed by atoms with Crippen molar-refractivity contribution in [1.29, 1.82) is 0 Å². The number of nitrogens with two attached hydrogens (primary N) is 1. The van der Waals surface area contributed by atoms with Crippen LogP contribution in [0.5, 0.6) is 0 Å². The summed E-state index contributed by atoms with van der Waals surface area (Å²) in [5.41, 5.74) is 9.40. The molecule has 0 heterocycles. The maximum atomic E-state index is 5.53. The van der Waals surface area contributed by atoms with Crippen molar-refractivity contribution in [3.8, 4) is 0 Å². The summed E-state index contributed by atoms with van der Waals surface area (Å²) >= 11 is 0. The molecule has 0 radical (unpaired) electrons. The normalized spacial score (nSPS) is 11.8. The summed E-state index contributed by atoms with van der Waals surface area (Å²) < 4.78 is 5.20. The van der Waals surface area contributed by atoms with Gasteiger partial charge in [-0.2, -0.15) is 0 Å². The third kappa shape index (κ3) is 4.17. The monoisotopic (exact) mass is 219 g/mol. The Labute approximate surface area is 98.1 Å². The summed E-state index contributed by atoms with van der Waals surface area (Å²) in [7, 11) is 1.73. The Kier molecular flexibility index (Phi) is 5.83. The van der Waals surface area contributed by atoms with Crippen LogP contribution in [0.25, 0.3) is 6.08 Å². The zero-order valence-corrected chi connectivity index (χ0v) is 10.2. The number of hydrogen-bond acceptors (Lipinski definition) is 2. The minimum Gasteiger partial charge on any atom is -0.380 e. The Bertz CT molecular complexity index is 344. The molecule has 0 spiro atoms. The van der Waals surface area contributed by atoms with E-state index in [-0.39, 0.29) is 0 Å². The zero-order valence-electron chi connectivity index (χ0n) is 10.2. The molecule has 2 nitrogen and oxygen atoms in total. The molecule has 1 rings (SSSR count). The van der Waals surface area contributed by atoms with Gasteiger partial charge in [-0.3, -0.25) is 0 Å². The van der Waals surface area contributed by atoms with Gasteiger partial charge in [-0.15, -0.1) is 0 Å². The maximum absolute atomic E-state index is 5.53. The molecule has 0 atom stereocenters. The Morgan fingerprint density at radius 2 is 2.12 bits per heavy atom. The Hall–Kier alpha value is -1.12. The highest BCUT2D eigenvalue weighted by Crippen LogP contribution is 2.15. The fourth-order valence-electron chi connectivity index (χ4n) is 1.67. The lowest BCUT2D eigenvalue weighted by Gasteiger charge is -2.07. The summed E-state index contributed by atoms with van der Waals surface area (Å²) in [6, 6.07) is 8.38. The molecule has 0 unspecified atom stereocenters. The number of ether oxygens (including phenoxy) is 1. The molecular weight excluding hydrogens is 198 g/mol. The quantitative estimate of drug-likeness (QED) is 0.798. The average Bonchev–Trinajstić information content (AvgIpc) is 2.29. The third-order valence-electron chi connectivity index (χ3n) is 2.58. The first kappa shape index (κ1) is 12.9. The molecule has 0 aliphatic rings. The fraction of sp³-hybridized carbons (Fsp3) is 0.429. The average molecular weight is 219 g/mol. The first-order valence-electron chi connectivity index (χ1n) is 5.72. The van der Waals surface area contributed by atoms with E-state index in [1.54, 1.807) is 7.11 Å². The van der Waals surface area contributed by atoms with Crippen LogP contribution in [0.4, 0.5) is 0 Å². The molecule has 0 aliphatic carbocycles. The van der Waals surface area contributed by atoms with Crippen molar-refractivity contribution in [2.24, 2.45) is 5.73 Å². The number of aryl methyl sites for hydroxylation is 1. The van der Waals surface area contributed by atoms with Crippen molar-refractivity contribution < 1.29 is 4.74 Å². The second-order valence-corrected chi connectivity index (χ2v) is 3.98. The van der Waals surface area contributed by atoms with E-state index >= 15 is 0 Å². The molecule has 0 saturated carbocycles. The number of methoxy groups -OCH3 is 1. The lowest BCUT2D eigenvalue weighted by atomic mass is 10.0. The Morgan fingerprint density at radius 3 is 2.75 bits per heavy atom. The van der Waals surface area contributed by atoms with Crippen LogP contribution < -0.4 is 5.73 Å². The number of benzene rings is 1. The predicted molar refractivity (Wildman–Crippen MR) is 69.3 cm³/mol. The van der Waals surface area contributed by atoms with Gasteiger partial charge in [0.1, 0.15) is 0 Å². The lowest BCUT2D eigenvalue weighted by molar-refractivity contribution is 0.223. The van der Waals surface area contributed by atoms with E-state index in [9.17, 15) is 0 Å². The highest BCUT2D eigenvalue weighted by molar-refractivity contribution is 5.56.